The first kappa shape index (κ1) is 12.0. The maximum absolute atomic E-state index is 11.4. The van der Waals surface area contributed by atoms with Crippen molar-refractivity contribution in [3.05, 3.63) is 23.8 Å². The molecule has 92 valence electrons. The summed E-state index contributed by atoms with van der Waals surface area (Å²) in [5.74, 6) is 0.912. The van der Waals surface area contributed by atoms with E-state index in [1.54, 1.807) is 6.20 Å². The van der Waals surface area contributed by atoms with E-state index < -0.39 is 0 Å². The Morgan fingerprint density at radius 1 is 1.53 bits per heavy atom. The number of carbonyl (C=O) groups is 1. The molecule has 0 unspecified atom stereocenters. The third-order valence-corrected chi connectivity index (χ3v) is 2.61. The largest absolute Gasteiger partial charge is 0.353 e. The van der Waals surface area contributed by atoms with Gasteiger partial charge >= 0.3 is 0 Å². The first-order valence-corrected chi connectivity index (χ1v) is 6.02. The molecule has 1 aromatic heterocycles. The molecule has 17 heavy (non-hydrogen) atoms. The van der Waals surface area contributed by atoms with Crippen molar-refractivity contribution < 1.29 is 4.79 Å². The van der Waals surface area contributed by atoms with Crippen LogP contribution in [0.1, 0.15) is 30.8 Å². The molecule has 0 bridgehead atoms. The van der Waals surface area contributed by atoms with E-state index in [9.17, 15) is 4.79 Å². The van der Waals surface area contributed by atoms with Gasteiger partial charge in [-0.1, -0.05) is 0 Å². The van der Waals surface area contributed by atoms with Crippen LogP contribution in [0, 0.1) is 6.92 Å². The molecule has 5 nitrogen and oxygen atoms in total. The molecule has 1 aromatic rings. The number of amides is 1. The number of carbonyl (C=O) groups excluding carboxylic acids is 1. The zero-order valence-corrected chi connectivity index (χ0v) is 10.1. The van der Waals surface area contributed by atoms with Gasteiger partial charge in [-0.2, -0.15) is 0 Å². The van der Waals surface area contributed by atoms with Gasteiger partial charge in [-0.25, -0.2) is 9.97 Å². The molecule has 2 N–H and O–H groups in total. The molecule has 0 saturated heterocycles. The second-order valence-corrected chi connectivity index (χ2v) is 4.36. The van der Waals surface area contributed by atoms with Crippen LogP contribution in [0.4, 0.5) is 0 Å². The molecule has 0 aromatic carbocycles. The van der Waals surface area contributed by atoms with Crippen molar-refractivity contribution in [3.8, 4) is 0 Å². The molecule has 1 aliphatic carbocycles. The average Bonchev–Trinajstić information content (AvgIpc) is 3.08. The van der Waals surface area contributed by atoms with Gasteiger partial charge < -0.3 is 10.6 Å². The predicted octanol–water partition coefficient (Wildman–Crippen LogP) is 0.543. The second-order valence-electron chi connectivity index (χ2n) is 4.36. The van der Waals surface area contributed by atoms with E-state index in [4.69, 9.17) is 0 Å². The quantitative estimate of drug-likeness (QED) is 0.705. The number of nitrogens with zero attached hydrogens (tertiary/aromatic N) is 2. The number of nitrogens with one attached hydrogen (secondary N) is 2. The normalized spacial score (nSPS) is 14.6. The van der Waals surface area contributed by atoms with Crippen molar-refractivity contribution in [1.82, 2.24) is 20.6 Å². The first-order valence-electron chi connectivity index (χ1n) is 6.02. The first-order chi connectivity index (χ1) is 8.24. The summed E-state index contributed by atoms with van der Waals surface area (Å²) in [5, 5.41) is 6.16. The van der Waals surface area contributed by atoms with Gasteiger partial charge in [-0.3, -0.25) is 4.79 Å². The fraction of sp³-hybridized carbons (Fsp3) is 0.583. The Morgan fingerprint density at radius 3 is 3.06 bits per heavy atom. The summed E-state index contributed by atoms with van der Waals surface area (Å²) in [6, 6.07) is 2.33. The number of aromatic nitrogens is 2. The van der Waals surface area contributed by atoms with Gasteiger partial charge in [0, 0.05) is 31.7 Å². The summed E-state index contributed by atoms with van der Waals surface area (Å²) in [4.78, 5) is 19.7. The summed E-state index contributed by atoms with van der Waals surface area (Å²) in [6.07, 6.45) is 4.55. The van der Waals surface area contributed by atoms with Gasteiger partial charge in [-0.15, -0.1) is 0 Å². The Hall–Kier alpha value is -1.49. The number of hydrogen-bond acceptors (Lipinski definition) is 4. The fourth-order valence-corrected chi connectivity index (χ4v) is 1.55. The molecule has 0 aliphatic heterocycles. The Morgan fingerprint density at radius 2 is 2.35 bits per heavy atom. The smallest absolute Gasteiger partial charge is 0.221 e. The Kier molecular flexibility index (Phi) is 4.03. The van der Waals surface area contributed by atoms with Crippen LogP contribution in [0.15, 0.2) is 12.3 Å². The second kappa shape index (κ2) is 5.72. The SMILES string of the molecule is Cc1nccc(CNCCC(=O)NC2CC2)n1. The zero-order chi connectivity index (χ0) is 12.1. The Labute approximate surface area is 101 Å². The van der Waals surface area contributed by atoms with Crippen molar-refractivity contribution in [2.75, 3.05) is 6.54 Å². The summed E-state index contributed by atoms with van der Waals surface area (Å²) < 4.78 is 0. The van der Waals surface area contributed by atoms with E-state index >= 15 is 0 Å². The minimum atomic E-state index is 0.138. The highest BCUT2D eigenvalue weighted by molar-refractivity contribution is 5.76. The fourth-order valence-electron chi connectivity index (χ4n) is 1.55. The highest BCUT2D eigenvalue weighted by Crippen LogP contribution is 2.18. The average molecular weight is 234 g/mol. The van der Waals surface area contributed by atoms with Crippen LogP contribution in [0.5, 0.6) is 0 Å². The third kappa shape index (κ3) is 4.48. The highest BCUT2D eigenvalue weighted by atomic mass is 16.1. The number of aryl methyl sites for hydroxylation is 1. The Bertz CT molecular complexity index is 390. The van der Waals surface area contributed by atoms with E-state index in [0.29, 0.717) is 25.6 Å². The lowest BCUT2D eigenvalue weighted by molar-refractivity contribution is -0.121. The summed E-state index contributed by atoms with van der Waals surface area (Å²) in [5.41, 5.74) is 0.958. The van der Waals surface area contributed by atoms with Gasteiger partial charge in [0.1, 0.15) is 5.82 Å². The third-order valence-electron chi connectivity index (χ3n) is 2.61. The number of hydrogen-bond donors (Lipinski definition) is 2. The zero-order valence-electron chi connectivity index (χ0n) is 10.1. The number of rotatable bonds is 6. The lowest BCUT2D eigenvalue weighted by atomic mass is 10.3. The minimum absolute atomic E-state index is 0.138. The van der Waals surface area contributed by atoms with Crippen LogP contribution < -0.4 is 10.6 Å². The lowest BCUT2D eigenvalue weighted by Gasteiger charge is -2.05. The van der Waals surface area contributed by atoms with E-state index in [1.807, 2.05) is 13.0 Å². The van der Waals surface area contributed by atoms with Crippen LogP contribution in [0.3, 0.4) is 0 Å². The topological polar surface area (TPSA) is 66.9 Å². The van der Waals surface area contributed by atoms with Gasteiger partial charge in [0.2, 0.25) is 5.91 Å². The molecule has 1 saturated carbocycles. The maximum Gasteiger partial charge on any atom is 0.221 e. The molecular formula is C12H18N4O. The van der Waals surface area contributed by atoms with Crippen LogP contribution in [0.25, 0.3) is 0 Å². The molecule has 1 aliphatic rings. The van der Waals surface area contributed by atoms with Gasteiger partial charge in [0.25, 0.3) is 0 Å². The molecule has 1 amide bonds. The Balaban J connectivity index is 1.60. The molecule has 5 heteroatoms. The highest BCUT2D eigenvalue weighted by Gasteiger charge is 2.22. The summed E-state index contributed by atoms with van der Waals surface area (Å²) >= 11 is 0. The van der Waals surface area contributed by atoms with Crippen LogP contribution in [-0.4, -0.2) is 28.5 Å². The predicted molar refractivity (Wildman–Crippen MR) is 64.3 cm³/mol. The molecule has 0 radical (unpaired) electrons. The molecule has 1 fully saturated rings. The molecule has 1 heterocycles. The maximum atomic E-state index is 11.4. The van der Waals surface area contributed by atoms with Gasteiger partial charge in [0.15, 0.2) is 0 Å². The standard InChI is InChI=1S/C12H18N4O/c1-9-14-7-4-11(15-9)8-13-6-5-12(17)16-10-2-3-10/h4,7,10,13H,2-3,5-6,8H2,1H3,(H,16,17). The van der Waals surface area contributed by atoms with Crippen LogP contribution >= 0.6 is 0 Å². The van der Waals surface area contributed by atoms with E-state index in [-0.39, 0.29) is 5.91 Å². The molecular weight excluding hydrogens is 216 g/mol. The van der Waals surface area contributed by atoms with Gasteiger partial charge in [0.05, 0.1) is 5.69 Å². The van der Waals surface area contributed by atoms with Crippen molar-refractivity contribution in [1.29, 1.82) is 0 Å². The summed E-state index contributed by atoms with van der Waals surface area (Å²) in [7, 11) is 0. The van der Waals surface area contributed by atoms with Crippen LogP contribution in [-0.2, 0) is 11.3 Å². The summed E-state index contributed by atoms with van der Waals surface area (Å²) in [6.45, 7) is 3.23. The van der Waals surface area contributed by atoms with E-state index in [1.165, 1.54) is 0 Å². The lowest BCUT2D eigenvalue weighted by Crippen LogP contribution is -2.29. The van der Waals surface area contributed by atoms with Crippen LogP contribution in [0.2, 0.25) is 0 Å². The van der Waals surface area contributed by atoms with E-state index in [2.05, 4.69) is 20.6 Å². The van der Waals surface area contributed by atoms with Crippen molar-refractivity contribution >= 4 is 5.91 Å². The monoisotopic (exact) mass is 234 g/mol. The molecule has 0 spiro atoms. The van der Waals surface area contributed by atoms with E-state index in [0.717, 1.165) is 24.4 Å². The van der Waals surface area contributed by atoms with Crippen molar-refractivity contribution in [2.24, 2.45) is 0 Å². The van der Waals surface area contributed by atoms with Gasteiger partial charge in [-0.05, 0) is 25.8 Å². The minimum Gasteiger partial charge on any atom is -0.353 e. The van der Waals surface area contributed by atoms with Crippen molar-refractivity contribution in [3.63, 3.8) is 0 Å². The molecule has 0 atom stereocenters. The molecule has 2 rings (SSSR count). The van der Waals surface area contributed by atoms with Crippen molar-refractivity contribution in [2.45, 2.75) is 38.8 Å².